The molecule has 1 unspecified atom stereocenters. The third-order valence-corrected chi connectivity index (χ3v) is 4.85. The van der Waals surface area contributed by atoms with E-state index in [1.807, 2.05) is 12.1 Å². The first-order chi connectivity index (χ1) is 9.24. The highest BCUT2D eigenvalue weighted by Gasteiger charge is 2.37. The fourth-order valence-corrected chi connectivity index (χ4v) is 3.97. The summed E-state index contributed by atoms with van der Waals surface area (Å²) in [6, 6.07) is 5.75. The van der Waals surface area contributed by atoms with E-state index in [0.717, 1.165) is 25.7 Å². The third-order valence-electron chi connectivity index (χ3n) is 4.85. The largest absolute Gasteiger partial charge is 0.508 e. The summed E-state index contributed by atoms with van der Waals surface area (Å²) in [6.45, 7) is 0. The zero-order valence-electron chi connectivity index (χ0n) is 10.7. The second-order valence-corrected chi connectivity index (χ2v) is 5.78. The minimum Gasteiger partial charge on any atom is -0.508 e. The van der Waals surface area contributed by atoms with Crippen LogP contribution in [0, 0.1) is 5.92 Å². The number of aryl methyl sites for hydroxylation is 1. The van der Waals surface area contributed by atoms with E-state index >= 15 is 0 Å². The summed E-state index contributed by atoms with van der Waals surface area (Å²) in [4.78, 5) is 11.8. The van der Waals surface area contributed by atoms with Gasteiger partial charge in [0.25, 0.3) is 0 Å². The predicted molar refractivity (Wildman–Crippen MR) is 73.1 cm³/mol. The van der Waals surface area contributed by atoms with Crippen LogP contribution in [0.15, 0.2) is 41.5 Å². The molecule has 2 heteroatoms. The molecular weight excluding hydrogens is 236 g/mol. The number of hydrogen-bond acceptors (Lipinski definition) is 2. The van der Waals surface area contributed by atoms with E-state index in [0.29, 0.717) is 11.7 Å². The van der Waals surface area contributed by atoms with Crippen LogP contribution >= 0.6 is 0 Å². The number of allylic oxidation sites excluding steroid dienone is 4. The van der Waals surface area contributed by atoms with Crippen molar-refractivity contribution in [2.75, 3.05) is 0 Å². The number of benzene rings is 1. The van der Waals surface area contributed by atoms with E-state index in [-0.39, 0.29) is 11.7 Å². The molecule has 1 N–H and O–H groups in total. The highest BCUT2D eigenvalue weighted by Crippen LogP contribution is 2.48. The van der Waals surface area contributed by atoms with Gasteiger partial charge in [0.1, 0.15) is 5.75 Å². The maximum atomic E-state index is 11.8. The Morgan fingerprint density at radius 3 is 2.79 bits per heavy atom. The minimum atomic E-state index is 0.143. The Hall–Kier alpha value is -1.83. The molecule has 0 bridgehead atoms. The number of fused-ring (bicyclic) bond motifs is 4. The number of carbonyl (C=O) groups is 1. The van der Waals surface area contributed by atoms with Crippen molar-refractivity contribution < 1.29 is 9.90 Å². The van der Waals surface area contributed by atoms with E-state index in [1.54, 1.807) is 12.1 Å². The molecule has 0 radical (unpaired) electrons. The number of hydrogen-bond donors (Lipinski definition) is 1. The van der Waals surface area contributed by atoms with Gasteiger partial charge in [-0.1, -0.05) is 17.7 Å². The average Bonchev–Trinajstić information content (AvgIpc) is 2.80. The molecule has 0 saturated carbocycles. The molecular formula is C17H16O2. The quantitative estimate of drug-likeness (QED) is 0.769. The fraction of sp³-hybridized carbons (Fsp3) is 0.353. The Kier molecular flexibility index (Phi) is 2.22. The number of ketones is 1. The van der Waals surface area contributed by atoms with Crippen LogP contribution in [0.3, 0.4) is 0 Å². The van der Waals surface area contributed by atoms with Crippen molar-refractivity contribution in [1.82, 2.24) is 0 Å². The van der Waals surface area contributed by atoms with E-state index in [4.69, 9.17) is 0 Å². The van der Waals surface area contributed by atoms with Crippen molar-refractivity contribution in [1.29, 1.82) is 0 Å². The lowest BCUT2D eigenvalue weighted by Gasteiger charge is -2.35. The molecule has 0 aromatic heterocycles. The summed E-state index contributed by atoms with van der Waals surface area (Å²) in [7, 11) is 0. The smallest absolute Gasteiger partial charge is 0.163 e. The third kappa shape index (κ3) is 1.52. The maximum absolute atomic E-state index is 11.8. The second kappa shape index (κ2) is 3.83. The Labute approximate surface area is 112 Å². The molecule has 96 valence electrons. The average molecular weight is 252 g/mol. The summed E-state index contributed by atoms with van der Waals surface area (Å²) < 4.78 is 0. The van der Waals surface area contributed by atoms with Gasteiger partial charge in [-0.25, -0.2) is 0 Å². The Bertz CT molecular complexity index is 637. The van der Waals surface area contributed by atoms with Crippen LogP contribution in [-0.2, 0) is 11.2 Å². The summed E-state index contributed by atoms with van der Waals surface area (Å²) in [6.07, 6.45) is 7.84. The van der Waals surface area contributed by atoms with Gasteiger partial charge >= 0.3 is 0 Å². The zero-order chi connectivity index (χ0) is 13.0. The first kappa shape index (κ1) is 11.0. The van der Waals surface area contributed by atoms with Gasteiger partial charge < -0.3 is 5.11 Å². The van der Waals surface area contributed by atoms with Crippen molar-refractivity contribution in [2.45, 2.75) is 31.6 Å². The molecule has 0 heterocycles. The number of rotatable bonds is 0. The van der Waals surface area contributed by atoms with Crippen molar-refractivity contribution in [3.05, 3.63) is 52.6 Å². The van der Waals surface area contributed by atoms with Crippen LogP contribution in [-0.4, -0.2) is 10.9 Å². The molecule has 0 amide bonds. The van der Waals surface area contributed by atoms with E-state index in [9.17, 15) is 9.90 Å². The number of aromatic hydroxyl groups is 1. The molecule has 2 nitrogen and oxygen atoms in total. The molecule has 2 atom stereocenters. The Morgan fingerprint density at radius 1 is 1.05 bits per heavy atom. The lowest BCUT2D eigenvalue weighted by molar-refractivity contribution is -0.116. The van der Waals surface area contributed by atoms with Gasteiger partial charge in [-0.2, -0.15) is 0 Å². The highest BCUT2D eigenvalue weighted by molar-refractivity contribution is 5.98. The molecule has 1 aromatic rings. The maximum Gasteiger partial charge on any atom is 0.163 e. The Morgan fingerprint density at radius 2 is 1.89 bits per heavy atom. The summed E-state index contributed by atoms with van der Waals surface area (Å²) >= 11 is 0. The molecule has 1 aromatic carbocycles. The SMILES string of the molecule is O=C1C=CC2=C3CCc4cc(O)ccc4[C@@H]3CCC12. The number of phenolic OH excluding ortho intramolecular Hbond substituents is 1. The molecule has 19 heavy (non-hydrogen) atoms. The van der Waals surface area contributed by atoms with E-state index in [1.165, 1.54) is 22.3 Å². The van der Waals surface area contributed by atoms with Gasteiger partial charge in [0.15, 0.2) is 5.78 Å². The van der Waals surface area contributed by atoms with Crippen LogP contribution in [0.2, 0.25) is 0 Å². The molecule has 0 saturated heterocycles. The van der Waals surface area contributed by atoms with Crippen LogP contribution < -0.4 is 0 Å². The molecule has 3 aliphatic rings. The minimum absolute atomic E-state index is 0.143. The van der Waals surface area contributed by atoms with Crippen molar-refractivity contribution in [3.63, 3.8) is 0 Å². The first-order valence-corrected chi connectivity index (χ1v) is 7.00. The van der Waals surface area contributed by atoms with Crippen molar-refractivity contribution in [3.8, 4) is 5.75 Å². The number of phenols is 1. The van der Waals surface area contributed by atoms with Crippen LogP contribution in [0.4, 0.5) is 0 Å². The summed E-state index contributed by atoms with van der Waals surface area (Å²) in [5, 5.41) is 9.60. The van der Waals surface area contributed by atoms with E-state index < -0.39 is 0 Å². The lowest BCUT2D eigenvalue weighted by atomic mass is 9.69. The fourth-order valence-electron chi connectivity index (χ4n) is 3.97. The van der Waals surface area contributed by atoms with Gasteiger partial charge in [0.2, 0.25) is 0 Å². The van der Waals surface area contributed by atoms with Gasteiger partial charge in [-0.05, 0) is 60.6 Å². The molecule has 0 aliphatic heterocycles. The highest BCUT2D eigenvalue weighted by atomic mass is 16.3. The first-order valence-electron chi connectivity index (χ1n) is 7.00. The van der Waals surface area contributed by atoms with Gasteiger partial charge in [-0.15, -0.1) is 0 Å². The van der Waals surface area contributed by atoms with Crippen LogP contribution in [0.25, 0.3) is 0 Å². The van der Waals surface area contributed by atoms with Gasteiger partial charge in [0, 0.05) is 11.8 Å². The standard InChI is InChI=1S/C17H16O2/c18-11-2-4-12-10(9-11)1-3-14-13(12)5-6-16-15(14)7-8-17(16)19/h2,4,7-9,13,16,18H,1,3,5-6H2/t13-,16?/m0/s1. The predicted octanol–water partition coefficient (Wildman–Crippen LogP) is 3.27. The van der Waals surface area contributed by atoms with Gasteiger partial charge in [-0.3, -0.25) is 4.79 Å². The number of carbonyl (C=O) groups excluding carboxylic acids is 1. The monoisotopic (exact) mass is 252 g/mol. The summed E-state index contributed by atoms with van der Waals surface area (Å²) in [5.74, 6) is 1.26. The molecule has 3 aliphatic carbocycles. The van der Waals surface area contributed by atoms with Crippen molar-refractivity contribution in [2.24, 2.45) is 5.92 Å². The zero-order valence-corrected chi connectivity index (χ0v) is 10.7. The van der Waals surface area contributed by atoms with Gasteiger partial charge in [0.05, 0.1) is 0 Å². The molecule has 0 fully saturated rings. The Balaban J connectivity index is 1.84. The van der Waals surface area contributed by atoms with Crippen LogP contribution in [0.5, 0.6) is 5.75 Å². The molecule has 4 rings (SSSR count). The molecule has 0 spiro atoms. The second-order valence-electron chi connectivity index (χ2n) is 5.78. The van der Waals surface area contributed by atoms with Crippen molar-refractivity contribution >= 4 is 5.78 Å². The lowest BCUT2D eigenvalue weighted by Crippen LogP contribution is -2.23. The van der Waals surface area contributed by atoms with Crippen LogP contribution in [0.1, 0.15) is 36.3 Å². The summed E-state index contributed by atoms with van der Waals surface area (Å²) in [5.41, 5.74) is 5.40. The topological polar surface area (TPSA) is 37.3 Å². The normalized spacial score (nSPS) is 28.1. The van der Waals surface area contributed by atoms with E-state index in [2.05, 4.69) is 6.07 Å².